The molecule has 0 unspecified atom stereocenters. The van der Waals surface area contributed by atoms with Gasteiger partial charge in [-0.2, -0.15) is 0 Å². The molecule has 296 valence electrons. The van der Waals surface area contributed by atoms with Gasteiger partial charge in [0.15, 0.2) is 0 Å². The normalized spacial score (nSPS) is 20.1. The van der Waals surface area contributed by atoms with Gasteiger partial charge in [0.2, 0.25) is 0 Å². The maximum Gasteiger partial charge on any atom is 2.00 e. The number of aliphatic carboxylic acids is 2. The number of pyridine rings is 2. The number of imide groups is 2. The van der Waals surface area contributed by atoms with E-state index < -0.39 is 11.9 Å². The number of carboxylic acids is 2. The Balaban J connectivity index is 0.000000293. The van der Waals surface area contributed by atoms with Crippen molar-refractivity contribution in [1.29, 1.82) is 0 Å². The zero-order valence-electron chi connectivity index (χ0n) is 31.7. The summed E-state index contributed by atoms with van der Waals surface area (Å²) in [5, 5.41) is 21.7. The summed E-state index contributed by atoms with van der Waals surface area (Å²) in [7, 11) is 0. The van der Waals surface area contributed by atoms with Gasteiger partial charge in [0.05, 0.1) is 22.3 Å². The average Bonchev–Trinajstić information content (AvgIpc) is 3.60. The monoisotopic (exact) mass is 832 g/mol. The first kappa shape index (κ1) is 47.7. The quantitative estimate of drug-likeness (QED) is 0.155. The third-order valence-electron chi connectivity index (χ3n) is 10.1. The van der Waals surface area contributed by atoms with Crippen molar-refractivity contribution in [2.75, 3.05) is 13.1 Å². The molecule has 4 amide bonds. The van der Waals surface area contributed by atoms with Gasteiger partial charge in [-0.15, -0.1) is 0 Å². The number of carbonyl (C=O) groups excluding carboxylic acids is 6. The number of nitrogens with zero attached hydrogens (tertiary/aromatic N) is 4. The molecule has 0 saturated heterocycles. The molecule has 14 nitrogen and oxygen atoms in total. The van der Waals surface area contributed by atoms with E-state index in [1.165, 1.54) is 9.80 Å². The minimum atomic E-state index is -0.991. The molecular weight excluding hydrogens is 786 g/mol. The van der Waals surface area contributed by atoms with E-state index in [1.807, 2.05) is 36.4 Å². The van der Waals surface area contributed by atoms with Crippen molar-refractivity contribution in [3.8, 4) is 0 Å². The second kappa shape index (κ2) is 23.5. The van der Waals surface area contributed by atoms with E-state index in [1.54, 1.807) is 73.3 Å². The molecule has 2 aromatic carbocycles. The SMILES string of the molecule is O=C([O-])C1CCC(CN2C(=O)c3ccccc3C2=O)CC1.O=C([O-])C1CCC(CN2C(=O)c3ccccc3C2=O)CC1.[OH3+].[OH3+].[Zn+2].c1ccncc1.c1ccncc1. The number of carbonyl (C=O) groups is 6. The molecule has 57 heavy (non-hydrogen) atoms. The zero-order chi connectivity index (χ0) is 38.5. The van der Waals surface area contributed by atoms with Gasteiger partial charge in [0.25, 0.3) is 23.6 Å². The summed E-state index contributed by atoms with van der Waals surface area (Å²) in [4.78, 5) is 80.8. The van der Waals surface area contributed by atoms with Crippen molar-refractivity contribution in [2.24, 2.45) is 23.7 Å². The van der Waals surface area contributed by atoms with Crippen LogP contribution in [0.5, 0.6) is 0 Å². The molecular formula is C42H48N4O10Zn+2. The summed E-state index contributed by atoms with van der Waals surface area (Å²) in [5.41, 5.74) is 1.86. The zero-order valence-corrected chi connectivity index (χ0v) is 34.7. The van der Waals surface area contributed by atoms with Gasteiger partial charge < -0.3 is 30.8 Å². The Bertz CT molecular complexity index is 1660. The van der Waals surface area contributed by atoms with Gasteiger partial charge in [-0.25, -0.2) is 0 Å². The Hall–Kier alpha value is -5.50. The smallest absolute Gasteiger partial charge is 0.550 e. The van der Waals surface area contributed by atoms with Gasteiger partial charge in [-0.3, -0.25) is 38.9 Å². The molecule has 2 aliphatic heterocycles. The molecule has 2 fully saturated rings. The summed E-state index contributed by atoms with van der Waals surface area (Å²) in [6, 6.07) is 25.1. The Kier molecular flexibility index (Phi) is 19.7. The molecule has 0 spiro atoms. The first-order valence-corrected chi connectivity index (χ1v) is 18.2. The third-order valence-corrected chi connectivity index (χ3v) is 10.1. The molecule has 4 aromatic rings. The summed E-state index contributed by atoms with van der Waals surface area (Å²) in [6.45, 7) is 0.762. The van der Waals surface area contributed by atoms with Crippen molar-refractivity contribution in [3.05, 3.63) is 132 Å². The van der Waals surface area contributed by atoms with E-state index in [0.29, 0.717) is 86.7 Å². The van der Waals surface area contributed by atoms with E-state index in [4.69, 9.17) is 0 Å². The molecule has 0 atom stereocenters. The van der Waals surface area contributed by atoms with Crippen LogP contribution in [-0.4, -0.2) is 68.4 Å². The predicted octanol–water partition coefficient (Wildman–Crippen LogP) is 1.99. The molecule has 15 heteroatoms. The van der Waals surface area contributed by atoms with Crippen LogP contribution in [0, 0.1) is 23.7 Å². The second-order valence-corrected chi connectivity index (χ2v) is 13.7. The van der Waals surface area contributed by atoms with E-state index >= 15 is 0 Å². The van der Waals surface area contributed by atoms with Gasteiger partial charge in [0.1, 0.15) is 0 Å². The third kappa shape index (κ3) is 12.8. The average molecular weight is 834 g/mol. The van der Waals surface area contributed by atoms with Crippen molar-refractivity contribution in [3.63, 3.8) is 0 Å². The molecule has 8 rings (SSSR count). The van der Waals surface area contributed by atoms with Crippen LogP contribution in [0.15, 0.2) is 110 Å². The van der Waals surface area contributed by atoms with Crippen LogP contribution in [0.3, 0.4) is 0 Å². The van der Waals surface area contributed by atoms with Crippen LogP contribution in [0.25, 0.3) is 0 Å². The Morgan fingerprint density at radius 2 is 0.737 bits per heavy atom. The Morgan fingerprint density at radius 3 is 0.930 bits per heavy atom. The Labute approximate surface area is 343 Å². The number of fused-ring (bicyclic) bond motifs is 2. The van der Waals surface area contributed by atoms with E-state index in [0.717, 1.165) is 0 Å². The number of carboxylic acid groups (broad SMARTS) is 2. The van der Waals surface area contributed by atoms with Crippen molar-refractivity contribution in [1.82, 2.24) is 19.8 Å². The maximum absolute atomic E-state index is 12.3. The van der Waals surface area contributed by atoms with Crippen LogP contribution >= 0.6 is 0 Å². The molecule has 0 bridgehead atoms. The first-order chi connectivity index (χ1) is 26.2. The topological polar surface area (TPSA) is 247 Å². The molecule has 4 aliphatic rings. The van der Waals surface area contributed by atoms with E-state index in [-0.39, 0.29) is 77.7 Å². The molecule has 2 aliphatic carbocycles. The van der Waals surface area contributed by atoms with Crippen LogP contribution in [0.2, 0.25) is 0 Å². The van der Waals surface area contributed by atoms with Crippen LogP contribution in [0.4, 0.5) is 0 Å². The number of benzene rings is 2. The minimum Gasteiger partial charge on any atom is -0.550 e. The molecule has 2 saturated carbocycles. The molecule has 2 aromatic heterocycles. The summed E-state index contributed by atoms with van der Waals surface area (Å²) in [5.74, 6) is -3.34. The van der Waals surface area contributed by atoms with Crippen molar-refractivity contribution < 1.29 is 69.4 Å². The largest absolute Gasteiger partial charge is 2.00 e. The maximum atomic E-state index is 12.3. The summed E-state index contributed by atoms with van der Waals surface area (Å²) < 4.78 is 0. The minimum absolute atomic E-state index is 0. The number of hydrogen-bond acceptors (Lipinski definition) is 10. The fourth-order valence-corrected chi connectivity index (χ4v) is 7.11. The summed E-state index contributed by atoms with van der Waals surface area (Å²) >= 11 is 0. The van der Waals surface area contributed by atoms with Gasteiger partial charge in [0, 0.05) is 49.8 Å². The predicted molar refractivity (Wildman–Crippen MR) is 203 cm³/mol. The van der Waals surface area contributed by atoms with Gasteiger partial charge >= 0.3 is 19.5 Å². The molecule has 4 heterocycles. The Morgan fingerprint density at radius 1 is 0.474 bits per heavy atom. The van der Waals surface area contributed by atoms with Crippen LogP contribution < -0.4 is 10.2 Å². The summed E-state index contributed by atoms with van der Waals surface area (Å²) in [6.07, 6.45) is 12.1. The number of aromatic nitrogens is 2. The van der Waals surface area contributed by atoms with Crippen molar-refractivity contribution in [2.45, 2.75) is 51.4 Å². The van der Waals surface area contributed by atoms with E-state index in [9.17, 15) is 39.0 Å². The number of hydrogen-bond donors (Lipinski definition) is 0. The second-order valence-electron chi connectivity index (χ2n) is 13.7. The van der Waals surface area contributed by atoms with Crippen LogP contribution in [-0.2, 0) is 40.0 Å². The number of amides is 4. The van der Waals surface area contributed by atoms with Crippen molar-refractivity contribution >= 4 is 35.6 Å². The van der Waals surface area contributed by atoms with E-state index in [2.05, 4.69) is 9.97 Å². The van der Waals surface area contributed by atoms with Crippen LogP contribution in [0.1, 0.15) is 92.8 Å². The molecule has 0 radical (unpaired) electrons. The van der Waals surface area contributed by atoms with Gasteiger partial charge in [-0.05, 0) is 124 Å². The van der Waals surface area contributed by atoms with Gasteiger partial charge in [-0.1, -0.05) is 36.4 Å². The number of rotatable bonds is 6. The molecule has 6 N–H and O–H groups in total. The first-order valence-electron chi connectivity index (χ1n) is 18.2. The fourth-order valence-electron chi connectivity index (χ4n) is 7.11. The standard InChI is InChI=1S/2C16H17NO4.2C5H5N.2H2O.Zn/c2*18-14-12-3-1-2-4-13(12)15(19)17(14)9-10-5-7-11(8-6-10)16(20)21;2*1-2-4-6-5-3-1;;;/h2*1-4,10-11H,5-9H2,(H,20,21);2*1-5H;2*1H2;/q;;;;;;+2. The fraction of sp³-hybridized carbons (Fsp3) is 0.333.